The summed E-state index contributed by atoms with van der Waals surface area (Å²) in [4.78, 5) is -0.281. The molecule has 1 saturated carbocycles. The van der Waals surface area contributed by atoms with Gasteiger partial charge in [-0.1, -0.05) is 18.9 Å². The first-order chi connectivity index (χ1) is 6.60. The molecule has 1 aliphatic carbocycles. The van der Waals surface area contributed by atoms with Gasteiger partial charge < -0.3 is 0 Å². The van der Waals surface area contributed by atoms with E-state index in [-0.39, 0.29) is 16.4 Å². The quantitative estimate of drug-likeness (QED) is 0.491. The lowest BCUT2D eigenvalue weighted by atomic mass is 9.79. The van der Waals surface area contributed by atoms with Gasteiger partial charge in [-0.2, -0.15) is 10.5 Å². The lowest BCUT2D eigenvalue weighted by Gasteiger charge is -2.34. The summed E-state index contributed by atoms with van der Waals surface area (Å²) in [5, 5.41) is 17.3. The summed E-state index contributed by atoms with van der Waals surface area (Å²) in [6.07, 6.45) is 5.94. The Labute approximate surface area is 89.8 Å². The van der Waals surface area contributed by atoms with Gasteiger partial charge in [0.1, 0.15) is 17.7 Å². The van der Waals surface area contributed by atoms with Crippen molar-refractivity contribution in [3.8, 4) is 12.1 Å². The van der Waals surface area contributed by atoms with E-state index in [2.05, 4.69) is 0 Å². The van der Waals surface area contributed by atoms with E-state index in [1.165, 1.54) is 0 Å². The van der Waals surface area contributed by atoms with Crippen molar-refractivity contribution >= 4 is 11.6 Å². The standard InChI is InChI=1S/C11H13ClN2/c1-11(12)5-3-2-4-10(11)6-9(7-13)8-14/h6,10H,2-5H2,1H3. The summed E-state index contributed by atoms with van der Waals surface area (Å²) in [6, 6.07) is 3.76. The van der Waals surface area contributed by atoms with Crippen molar-refractivity contribution in [3.63, 3.8) is 0 Å². The average molecular weight is 209 g/mol. The highest BCUT2D eigenvalue weighted by Gasteiger charge is 2.33. The highest BCUT2D eigenvalue weighted by molar-refractivity contribution is 6.24. The van der Waals surface area contributed by atoms with Crippen molar-refractivity contribution in [2.24, 2.45) is 5.92 Å². The van der Waals surface area contributed by atoms with Crippen molar-refractivity contribution in [2.75, 3.05) is 0 Å². The van der Waals surface area contributed by atoms with Crippen molar-refractivity contribution < 1.29 is 0 Å². The van der Waals surface area contributed by atoms with Crippen LogP contribution >= 0.6 is 11.6 Å². The maximum atomic E-state index is 8.64. The highest BCUT2D eigenvalue weighted by atomic mass is 35.5. The fourth-order valence-corrected chi connectivity index (χ4v) is 2.18. The lowest BCUT2D eigenvalue weighted by molar-refractivity contribution is 0.334. The number of rotatable bonds is 1. The molecular weight excluding hydrogens is 196 g/mol. The molecule has 74 valence electrons. The molecule has 2 nitrogen and oxygen atoms in total. The normalized spacial score (nSPS) is 31.3. The summed E-state index contributed by atoms with van der Waals surface area (Å²) >= 11 is 6.33. The molecule has 0 heterocycles. The average Bonchev–Trinajstić information content (AvgIpc) is 2.16. The SMILES string of the molecule is CC1(Cl)CCCCC1C=C(C#N)C#N. The molecule has 0 aromatic heterocycles. The molecule has 0 spiro atoms. The Balaban J connectivity index is 2.82. The van der Waals surface area contributed by atoms with Gasteiger partial charge >= 0.3 is 0 Å². The Hall–Kier alpha value is -0.990. The van der Waals surface area contributed by atoms with Crippen LogP contribution in [0.2, 0.25) is 0 Å². The fraction of sp³-hybridized carbons (Fsp3) is 0.636. The van der Waals surface area contributed by atoms with Crippen molar-refractivity contribution in [1.82, 2.24) is 0 Å². The van der Waals surface area contributed by atoms with Crippen LogP contribution in [-0.4, -0.2) is 4.87 Å². The first-order valence-corrected chi connectivity index (χ1v) is 5.19. The van der Waals surface area contributed by atoms with Gasteiger partial charge in [0.15, 0.2) is 0 Å². The minimum atomic E-state index is -0.281. The zero-order valence-electron chi connectivity index (χ0n) is 8.26. The fourth-order valence-electron chi connectivity index (χ4n) is 1.88. The Morgan fingerprint density at radius 3 is 2.57 bits per heavy atom. The molecule has 0 N–H and O–H groups in total. The van der Waals surface area contributed by atoms with E-state index >= 15 is 0 Å². The predicted octanol–water partition coefficient (Wildman–Crippen LogP) is 3.15. The molecule has 3 heteroatoms. The van der Waals surface area contributed by atoms with Gasteiger partial charge in [-0.25, -0.2) is 0 Å². The molecule has 1 aliphatic rings. The molecule has 2 atom stereocenters. The van der Waals surface area contributed by atoms with Crippen LogP contribution in [0.15, 0.2) is 11.6 Å². The number of nitriles is 2. The smallest absolute Gasteiger partial charge is 0.126 e. The summed E-state index contributed by atoms with van der Waals surface area (Å²) in [5.74, 6) is 0.159. The largest absolute Gasteiger partial charge is 0.192 e. The second-order valence-corrected chi connectivity index (χ2v) is 4.80. The predicted molar refractivity (Wildman–Crippen MR) is 55.5 cm³/mol. The summed E-state index contributed by atoms with van der Waals surface area (Å²) < 4.78 is 0. The molecular formula is C11H13ClN2. The number of hydrogen-bond donors (Lipinski definition) is 0. The van der Waals surface area contributed by atoms with Gasteiger partial charge in [0.2, 0.25) is 0 Å². The Bertz CT molecular complexity index is 301. The van der Waals surface area contributed by atoms with Crippen LogP contribution in [0.5, 0.6) is 0 Å². The molecule has 1 fully saturated rings. The molecule has 2 unspecified atom stereocenters. The molecule has 0 saturated heterocycles. The van der Waals surface area contributed by atoms with E-state index in [0.717, 1.165) is 25.7 Å². The summed E-state index contributed by atoms with van der Waals surface area (Å²) in [7, 11) is 0. The van der Waals surface area contributed by atoms with Gasteiger partial charge in [-0.05, 0) is 25.7 Å². The van der Waals surface area contributed by atoms with Crippen LogP contribution in [0.25, 0.3) is 0 Å². The third-order valence-electron chi connectivity index (χ3n) is 2.81. The van der Waals surface area contributed by atoms with Crippen molar-refractivity contribution in [2.45, 2.75) is 37.5 Å². The van der Waals surface area contributed by atoms with Crippen LogP contribution in [0.1, 0.15) is 32.6 Å². The third-order valence-corrected chi connectivity index (χ3v) is 3.28. The lowest BCUT2D eigenvalue weighted by Crippen LogP contribution is -2.30. The van der Waals surface area contributed by atoms with Crippen LogP contribution in [0, 0.1) is 28.6 Å². The van der Waals surface area contributed by atoms with E-state index in [9.17, 15) is 0 Å². The van der Waals surface area contributed by atoms with Gasteiger partial charge in [0, 0.05) is 4.87 Å². The van der Waals surface area contributed by atoms with E-state index in [1.807, 2.05) is 19.1 Å². The van der Waals surface area contributed by atoms with Crippen LogP contribution in [-0.2, 0) is 0 Å². The van der Waals surface area contributed by atoms with E-state index in [0.29, 0.717) is 0 Å². The highest BCUT2D eigenvalue weighted by Crippen LogP contribution is 2.39. The second kappa shape index (κ2) is 4.49. The molecule has 0 radical (unpaired) electrons. The molecule has 0 bridgehead atoms. The zero-order chi connectivity index (χ0) is 10.6. The molecule has 1 rings (SSSR count). The molecule has 14 heavy (non-hydrogen) atoms. The number of nitrogens with zero attached hydrogens (tertiary/aromatic N) is 2. The molecule has 0 amide bonds. The topological polar surface area (TPSA) is 47.6 Å². The van der Waals surface area contributed by atoms with Crippen molar-refractivity contribution in [1.29, 1.82) is 10.5 Å². The third kappa shape index (κ3) is 2.50. The van der Waals surface area contributed by atoms with Gasteiger partial charge in [-0.15, -0.1) is 11.6 Å². The monoisotopic (exact) mass is 208 g/mol. The molecule has 0 aromatic rings. The number of alkyl halides is 1. The van der Waals surface area contributed by atoms with Gasteiger partial charge in [0.05, 0.1) is 0 Å². The number of hydrogen-bond acceptors (Lipinski definition) is 2. The zero-order valence-corrected chi connectivity index (χ0v) is 9.01. The minimum Gasteiger partial charge on any atom is -0.192 e. The van der Waals surface area contributed by atoms with E-state index in [4.69, 9.17) is 22.1 Å². The minimum absolute atomic E-state index is 0.159. The van der Waals surface area contributed by atoms with Crippen LogP contribution in [0.3, 0.4) is 0 Å². The Morgan fingerprint density at radius 2 is 2.07 bits per heavy atom. The first-order valence-electron chi connectivity index (χ1n) is 4.81. The summed E-state index contributed by atoms with van der Waals surface area (Å²) in [5.41, 5.74) is 0.184. The second-order valence-electron chi connectivity index (χ2n) is 3.93. The van der Waals surface area contributed by atoms with Gasteiger partial charge in [0.25, 0.3) is 0 Å². The van der Waals surface area contributed by atoms with Crippen LogP contribution < -0.4 is 0 Å². The Morgan fingerprint density at radius 1 is 1.43 bits per heavy atom. The van der Waals surface area contributed by atoms with Crippen LogP contribution in [0.4, 0.5) is 0 Å². The van der Waals surface area contributed by atoms with Gasteiger partial charge in [-0.3, -0.25) is 0 Å². The first kappa shape index (κ1) is 11.1. The van der Waals surface area contributed by atoms with E-state index < -0.39 is 0 Å². The number of allylic oxidation sites excluding steroid dienone is 2. The Kier molecular flexibility index (Phi) is 3.55. The number of halogens is 1. The maximum Gasteiger partial charge on any atom is 0.126 e. The summed E-state index contributed by atoms with van der Waals surface area (Å²) in [6.45, 7) is 1.99. The van der Waals surface area contributed by atoms with E-state index in [1.54, 1.807) is 6.08 Å². The molecule has 0 aliphatic heterocycles. The maximum absolute atomic E-state index is 8.64. The van der Waals surface area contributed by atoms with Crippen molar-refractivity contribution in [3.05, 3.63) is 11.6 Å². The molecule has 0 aromatic carbocycles.